The number of nitrogens with one attached hydrogen (secondary N) is 2. The second-order valence-corrected chi connectivity index (χ2v) is 10.8. The van der Waals surface area contributed by atoms with E-state index in [0.717, 1.165) is 56.3 Å². The number of para-hydroxylation sites is 1. The van der Waals surface area contributed by atoms with Crippen LogP contribution in [-0.2, 0) is 11.3 Å². The van der Waals surface area contributed by atoms with Gasteiger partial charge in [-0.05, 0) is 84.1 Å². The molecule has 2 fully saturated rings. The average Bonchev–Trinajstić information content (AvgIpc) is 3.29. The van der Waals surface area contributed by atoms with Crippen molar-refractivity contribution in [3.05, 3.63) is 89.2 Å². The average molecular weight is 537 g/mol. The third-order valence-electron chi connectivity index (χ3n) is 7.13. The predicted molar refractivity (Wildman–Crippen MR) is 155 cm³/mol. The number of imide groups is 1. The Morgan fingerprint density at radius 1 is 1.00 bits per heavy atom. The van der Waals surface area contributed by atoms with E-state index in [2.05, 4.69) is 79.0 Å². The molecule has 0 radical (unpaired) electrons. The molecular formula is C30H28N6O2S. The first-order valence-corrected chi connectivity index (χ1v) is 13.9. The molecular weight excluding hydrogens is 508 g/mol. The van der Waals surface area contributed by atoms with Crippen LogP contribution in [0.15, 0.2) is 78.0 Å². The summed E-state index contributed by atoms with van der Waals surface area (Å²) in [5.41, 5.74) is 5.31. The number of carbonyl (C=O) groups is 2. The van der Waals surface area contributed by atoms with Crippen molar-refractivity contribution in [3.8, 4) is 11.1 Å². The number of rotatable bonds is 7. The molecule has 2 aliphatic rings. The largest absolute Gasteiger partial charge is 0.341 e. The Morgan fingerprint density at radius 2 is 1.85 bits per heavy atom. The SMILES string of the molecule is O=C1NC(=O)C(=Cc2ccnc(N3CCC(CNCc4cccc(-c5ccnc6ccccc56)c4)CC3)n2)S1. The van der Waals surface area contributed by atoms with Crippen LogP contribution in [-0.4, -0.2) is 45.7 Å². The topological polar surface area (TPSA) is 100 Å². The molecule has 2 N–H and O–H groups in total. The maximum Gasteiger partial charge on any atom is 0.290 e. The maximum absolute atomic E-state index is 11.8. The quantitative estimate of drug-likeness (QED) is 0.318. The molecule has 9 heteroatoms. The summed E-state index contributed by atoms with van der Waals surface area (Å²) in [4.78, 5) is 39.3. The number of anilines is 1. The van der Waals surface area contributed by atoms with E-state index in [1.165, 1.54) is 22.1 Å². The van der Waals surface area contributed by atoms with Crippen molar-refractivity contribution < 1.29 is 9.59 Å². The van der Waals surface area contributed by atoms with Crippen molar-refractivity contribution in [1.29, 1.82) is 0 Å². The van der Waals surface area contributed by atoms with Gasteiger partial charge < -0.3 is 10.2 Å². The number of aromatic nitrogens is 3. The molecule has 2 aromatic carbocycles. The lowest BCUT2D eigenvalue weighted by atomic mass is 9.96. The van der Waals surface area contributed by atoms with Crippen molar-refractivity contribution in [2.75, 3.05) is 24.5 Å². The van der Waals surface area contributed by atoms with E-state index < -0.39 is 0 Å². The number of hydrogen-bond donors (Lipinski definition) is 2. The van der Waals surface area contributed by atoms with Gasteiger partial charge >= 0.3 is 0 Å². The van der Waals surface area contributed by atoms with Gasteiger partial charge in [-0.15, -0.1) is 0 Å². The summed E-state index contributed by atoms with van der Waals surface area (Å²) < 4.78 is 0. The predicted octanol–water partition coefficient (Wildman–Crippen LogP) is 5.02. The Hall–Kier alpha value is -4.08. The summed E-state index contributed by atoms with van der Waals surface area (Å²) >= 11 is 0.894. The highest BCUT2D eigenvalue weighted by Gasteiger charge is 2.25. The number of carbonyl (C=O) groups excluding carboxylic acids is 2. The number of piperidine rings is 1. The van der Waals surface area contributed by atoms with Crippen LogP contribution in [0.2, 0.25) is 0 Å². The van der Waals surface area contributed by atoms with E-state index in [9.17, 15) is 9.59 Å². The lowest BCUT2D eigenvalue weighted by Gasteiger charge is -2.32. The van der Waals surface area contributed by atoms with E-state index in [0.29, 0.717) is 22.5 Å². The van der Waals surface area contributed by atoms with E-state index in [-0.39, 0.29) is 11.1 Å². The molecule has 39 heavy (non-hydrogen) atoms. The van der Waals surface area contributed by atoms with E-state index in [4.69, 9.17) is 0 Å². The third-order valence-corrected chi connectivity index (χ3v) is 7.94. The van der Waals surface area contributed by atoms with Crippen molar-refractivity contribution in [1.82, 2.24) is 25.6 Å². The highest BCUT2D eigenvalue weighted by molar-refractivity contribution is 8.18. The Balaban J connectivity index is 1.02. The number of pyridine rings is 1. The van der Waals surface area contributed by atoms with Crippen molar-refractivity contribution in [2.24, 2.45) is 5.92 Å². The van der Waals surface area contributed by atoms with Gasteiger partial charge in [-0.3, -0.25) is 19.9 Å². The van der Waals surface area contributed by atoms with E-state index >= 15 is 0 Å². The lowest BCUT2D eigenvalue weighted by molar-refractivity contribution is -0.115. The number of hydrogen-bond acceptors (Lipinski definition) is 8. The molecule has 0 spiro atoms. The fourth-order valence-electron chi connectivity index (χ4n) is 5.10. The number of thioether (sulfide) groups is 1. The number of benzene rings is 2. The van der Waals surface area contributed by atoms with Gasteiger partial charge in [0.2, 0.25) is 5.95 Å². The Morgan fingerprint density at radius 3 is 2.69 bits per heavy atom. The fraction of sp³-hybridized carbons (Fsp3) is 0.233. The van der Waals surface area contributed by atoms with Gasteiger partial charge in [0.25, 0.3) is 11.1 Å². The summed E-state index contributed by atoms with van der Waals surface area (Å²) in [6.07, 6.45) is 7.32. The van der Waals surface area contributed by atoms with Gasteiger partial charge in [0.1, 0.15) is 0 Å². The Kier molecular flexibility index (Phi) is 7.33. The van der Waals surface area contributed by atoms with Crippen molar-refractivity contribution >= 4 is 45.8 Å². The molecule has 0 saturated carbocycles. The summed E-state index contributed by atoms with van der Waals surface area (Å²) in [6.45, 7) is 3.55. The Labute approximate surface area is 231 Å². The summed E-state index contributed by atoms with van der Waals surface area (Å²) in [5, 5.41) is 6.74. The summed E-state index contributed by atoms with van der Waals surface area (Å²) in [5.74, 6) is 0.866. The third kappa shape index (κ3) is 5.84. The van der Waals surface area contributed by atoms with E-state index in [1.54, 1.807) is 18.3 Å². The molecule has 2 aliphatic heterocycles. The molecule has 0 aliphatic carbocycles. The molecule has 8 nitrogen and oxygen atoms in total. The first kappa shape index (κ1) is 25.2. The van der Waals surface area contributed by atoms with Crippen LogP contribution in [0.5, 0.6) is 0 Å². The summed E-state index contributed by atoms with van der Waals surface area (Å²) in [7, 11) is 0. The van der Waals surface area contributed by atoms with Crippen LogP contribution in [0.3, 0.4) is 0 Å². The van der Waals surface area contributed by atoms with Crippen molar-refractivity contribution in [3.63, 3.8) is 0 Å². The minimum absolute atomic E-state index is 0.355. The molecule has 0 unspecified atom stereocenters. The first-order chi connectivity index (χ1) is 19.1. The maximum atomic E-state index is 11.8. The molecule has 4 aromatic rings. The first-order valence-electron chi connectivity index (χ1n) is 13.1. The van der Waals surface area contributed by atoms with Gasteiger partial charge in [-0.1, -0.05) is 36.4 Å². The zero-order valence-electron chi connectivity index (χ0n) is 21.3. The van der Waals surface area contributed by atoms with Gasteiger partial charge in [-0.2, -0.15) is 0 Å². The Bertz CT molecular complexity index is 1560. The molecule has 6 rings (SSSR count). The van der Waals surface area contributed by atoms with Gasteiger partial charge in [0.05, 0.1) is 16.1 Å². The standard InChI is InChI=1S/C30H28N6O2S/c37-28-27(39-30(38)35-28)17-23-8-12-33-29(34-23)36-14-10-20(11-15-36)18-31-19-21-4-3-5-22(16-21)24-9-13-32-26-7-2-1-6-25(24)26/h1-9,12-13,16-17,20,31H,10-11,14-15,18-19H2,(H,35,37,38). The molecule has 0 atom stereocenters. The fourth-order valence-corrected chi connectivity index (χ4v) is 5.77. The highest BCUT2D eigenvalue weighted by atomic mass is 32.2. The van der Waals surface area contributed by atoms with Crippen LogP contribution in [0, 0.1) is 5.92 Å². The molecule has 2 amide bonds. The van der Waals surface area contributed by atoms with Crippen LogP contribution in [0.4, 0.5) is 10.7 Å². The summed E-state index contributed by atoms with van der Waals surface area (Å²) in [6, 6.07) is 20.8. The number of amides is 2. The monoisotopic (exact) mass is 536 g/mol. The molecule has 0 bridgehead atoms. The molecule has 2 saturated heterocycles. The van der Waals surface area contributed by atoms with Gasteiger partial charge in [-0.25, -0.2) is 9.97 Å². The molecule has 4 heterocycles. The minimum atomic E-state index is -0.379. The van der Waals surface area contributed by atoms with Crippen LogP contribution in [0.25, 0.3) is 28.1 Å². The smallest absolute Gasteiger partial charge is 0.290 e. The van der Waals surface area contributed by atoms with Gasteiger partial charge in [0.15, 0.2) is 0 Å². The lowest BCUT2D eigenvalue weighted by Crippen LogP contribution is -2.38. The zero-order valence-corrected chi connectivity index (χ0v) is 22.2. The second-order valence-electron chi connectivity index (χ2n) is 9.77. The van der Waals surface area contributed by atoms with Crippen molar-refractivity contribution in [2.45, 2.75) is 19.4 Å². The highest BCUT2D eigenvalue weighted by Crippen LogP contribution is 2.28. The van der Waals surface area contributed by atoms with Crippen LogP contribution in [0.1, 0.15) is 24.1 Å². The zero-order chi connectivity index (χ0) is 26.6. The van der Waals surface area contributed by atoms with Crippen LogP contribution >= 0.6 is 11.8 Å². The second kappa shape index (κ2) is 11.3. The molecule has 2 aromatic heterocycles. The number of nitrogens with zero attached hydrogens (tertiary/aromatic N) is 4. The van der Waals surface area contributed by atoms with E-state index in [1.807, 2.05) is 12.3 Å². The molecule has 196 valence electrons. The number of fused-ring (bicyclic) bond motifs is 1. The van der Waals surface area contributed by atoms with Gasteiger partial charge in [0, 0.05) is 37.4 Å². The minimum Gasteiger partial charge on any atom is -0.341 e. The van der Waals surface area contributed by atoms with Crippen LogP contribution < -0.4 is 15.5 Å². The normalized spacial score (nSPS) is 17.2.